The predicted molar refractivity (Wildman–Crippen MR) is 64.8 cm³/mol. The number of rotatable bonds is 6. The molecule has 92 valence electrons. The Hall–Kier alpha value is -0.630. The van der Waals surface area contributed by atoms with Gasteiger partial charge in [0.1, 0.15) is 4.21 Å². The zero-order valence-corrected chi connectivity index (χ0v) is 10.6. The highest BCUT2D eigenvalue weighted by molar-refractivity contribution is 7.91. The number of aliphatic hydroxyl groups is 1. The van der Waals surface area contributed by atoms with Gasteiger partial charge in [0.2, 0.25) is 10.0 Å². The van der Waals surface area contributed by atoms with Gasteiger partial charge < -0.3 is 10.8 Å². The number of nitrogens with one attached hydrogen (secondary N) is 1. The molecule has 4 N–H and O–H groups in total. The molecule has 0 bridgehead atoms. The van der Waals surface area contributed by atoms with Crippen molar-refractivity contribution in [1.29, 1.82) is 0 Å². The maximum Gasteiger partial charge on any atom is 0.250 e. The third-order valence-corrected chi connectivity index (χ3v) is 5.02. The molecule has 1 rings (SSSR count). The van der Waals surface area contributed by atoms with E-state index in [1.807, 2.05) is 6.92 Å². The third kappa shape index (κ3) is 3.75. The van der Waals surface area contributed by atoms with E-state index in [4.69, 9.17) is 5.73 Å². The molecule has 5 nitrogen and oxygen atoms in total. The Balaban J connectivity index is 2.53. The summed E-state index contributed by atoms with van der Waals surface area (Å²) < 4.78 is 26.0. The fraction of sp³-hybridized carbons (Fsp3) is 0.556. The molecule has 0 aliphatic carbocycles. The van der Waals surface area contributed by atoms with E-state index < -0.39 is 16.1 Å². The van der Waals surface area contributed by atoms with Gasteiger partial charge in [-0.3, -0.25) is 0 Å². The van der Waals surface area contributed by atoms with Gasteiger partial charge in [-0.05, 0) is 18.9 Å². The molecule has 0 radical (unpaired) electrons. The molecule has 0 spiro atoms. The highest BCUT2D eigenvalue weighted by Gasteiger charge is 2.15. The Morgan fingerprint density at radius 3 is 2.81 bits per heavy atom. The molecule has 1 aromatic heterocycles. The second kappa shape index (κ2) is 5.62. The maximum atomic E-state index is 11.7. The van der Waals surface area contributed by atoms with Crippen molar-refractivity contribution in [1.82, 2.24) is 4.72 Å². The molecule has 0 fully saturated rings. The molecule has 1 aromatic rings. The molecule has 0 saturated heterocycles. The average molecular weight is 264 g/mol. The van der Waals surface area contributed by atoms with Crippen molar-refractivity contribution >= 4 is 27.0 Å². The Morgan fingerprint density at radius 2 is 2.31 bits per heavy atom. The maximum absolute atomic E-state index is 11.7. The SMILES string of the molecule is CCC(O)CCNS(=O)(=O)c1cc(N)cs1. The van der Waals surface area contributed by atoms with E-state index in [0.29, 0.717) is 18.5 Å². The standard InChI is InChI=1S/C9H16N2O3S2/c1-2-8(12)3-4-11-16(13,14)9-5-7(10)6-15-9/h5-6,8,11-12H,2-4,10H2,1H3. The number of hydrogen-bond acceptors (Lipinski definition) is 5. The molecule has 1 atom stereocenters. The molecule has 0 aliphatic rings. The smallest absolute Gasteiger partial charge is 0.250 e. The van der Waals surface area contributed by atoms with E-state index >= 15 is 0 Å². The van der Waals surface area contributed by atoms with Crippen LogP contribution in [-0.4, -0.2) is 26.2 Å². The molecule has 7 heteroatoms. The predicted octanol–water partition coefficient (Wildman–Crippen LogP) is 0.770. The fourth-order valence-corrected chi connectivity index (χ4v) is 3.28. The van der Waals surface area contributed by atoms with E-state index in [-0.39, 0.29) is 10.8 Å². The lowest BCUT2D eigenvalue weighted by molar-refractivity contribution is 0.162. The highest BCUT2D eigenvalue weighted by Crippen LogP contribution is 2.21. The van der Waals surface area contributed by atoms with Crippen LogP contribution in [0.5, 0.6) is 0 Å². The third-order valence-electron chi connectivity index (χ3n) is 2.10. The molecule has 1 heterocycles. The van der Waals surface area contributed by atoms with Crippen molar-refractivity contribution in [2.24, 2.45) is 0 Å². The van der Waals surface area contributed by atoms with Gasteiger partial charge in [0.25, 0.3) is 0 Å². The van der Waals surface area contributed by atoms with Crippen molar-refractivity contribution in [3.8, 4) is 0 Å². The molecule has 1 unspecified atom stereocenters. The first kappa shape index (κ1) is 13.4. The minimum atomic E-state index is -3.47. The summed E-state index contributed by atoms with van der Waals surface area (Å²) >= 11 is 1.08. The molecule has 0 saturated carbocycles. The summed E-state index contributed by atoms with van der Waals surface area (Å²) in [4.78, 5) is 0. The van der Waals surface area contributed by atoms with Crippen LogP contribution in [0.3, 0.4) is 0 Å². The normalized spacial score (nSPS) is 13.9. The van der Waals surface area contributed by atoms with Gasteiger partial charge in [-0.1, -0.05) is 6.92 Å². The molecule has 16 heavy (non-hydrogen) atoms. The Bertz CT molecular complexity index is 428. The highest BCUT2D eigenvalue weighted by atomic mass is 32.2. The van der Waals surface area contributed by atoms with Gasteiger partial charge >= 0.3 is 0 Å². The minimum Gasteiger partial charge on any atom is -0.398 e. The summed E-state index contributed by atoms with van der Waals surface area (Å²) in [6, 6.07) is 1.42. The topological polar surface area (TPSA) is 92.4 Å². The number of sulfonamides is 1. The largest absolute Gasteiger partial charge is 0.398 e. The van der Waals surface area contributed by atoms with Gasteiger partial charge in [-0.15, -0.1) is 11.3 Å². The van der Waals surface area contributed by atoms with Crippen molar-refractivity contribution in [3.05, 3.63) is 11.4 Å². The van der Waals surface area contributed by atoms with Crippen molar-refractivity contribution in [3.63, 3.8) is 0 Å². The summed E-state index contributed by atoms with van der Waals surface area (Å²) in [5, 5.41) is 10.9. The van der Waals surface area contributed by atoms with E-state index in [1.54, 1.807) is 5.38 Å². The number of nitrogens with two attached hydrogens (primary N) is 1. The molecular formula is C9H16N2O3S2. The zero-order valence-electron chi connectivity index (χ0n) is 9.01. The lowest BCUT2D eigenvalue weighted by Crippen LogP contribution is -2.26. The number of hydrogen-bond donors (Lipinski definition) is 3. The van der Waals surface area contributed by atoms with Gasteiger partial charge in [-0.25, -0.2) is 13.1 Å². The van der Waals surface area contributed by atoms with Crippen molar-refractivity contribution < 1.29 is 13.5 Å². The van der Waals surface area contributed by atoms with Crippen LogP contribution in [0.1, 0.15) is 19.8 Å². The van der Waals surface area contributed by atoms with Crippen molar-refractivity contribution in [2.45, 2.75) is 30.1 Å². The summed E-state index contributed by atoms with van der Waals surface area (Å²) in [6.45, 7) is 2.08. The van der Waals surface area contributed by atoms with E-state index in [1.165, 1.54) is 6.07 Å². The van der Waals surface area contributed by atoms with Gasteiger partial charge in [0.05, 0.1) is 6.10 Å². The number of thiophene rings is 1. The number of anilines is 1. The first-order chi connectivity index (χ1) is 7.45. The van der Waals surface area contributed by atoms with Crippen LogP contribution in [0, 0.1) is 0 Å². The Morgan fingerprint density at radius 1 is 1.62 bits per heavy atom. The summed E-state index contributed by atoms with van der Waals surface area (Å²) in [5.74, 6) is 0. The van der Waals surface area contributed by atoms with Crippen LogP contribution in [-0.2, 0) is 10.0 Å². The minimum absolute atomic E-state index is 0.205. The summed E-state index contributed by atoms with van der Waals surface area (Å²) in [6.07, 6.45) is 0.570. The fourth-order valence-electron chi connectivity index (χ4n) is 1.11. The first-order valence-electron chi connectivity index (χ1n) is 4.97. The van der Waals surface area contributed by atoms with Crippen LogP contribution >= 0.6 is 11.3 Å². The lowest BCUT2D eigenvalue weighted by atomic mass is 10.2. The monoisotopic (exact) mass is 264 g/mol. The van der Waals surface area contributed by atoms with Crippen LogP contribution in [0.15, 0.2) is 15.7 Å². The quantitative estimate of drug-likeness (QED) is 0.707. The van der Waals surface area contributed by atoms with Crippen LogP contribution < -0.4 is 10.5 Å². The summed E-state index contributed by atoms with van der Waals surface area (Å²) in [5.41, 5.74) is 5.90. The molecule has 0 aromatic carbocycles. The zero-order chi connectivity index (χ0) is 12.2. The number of nitrogen functional groups attached to an aromatic ring is 1. The molecular weight excluding hydrogens is 248 g/mol. The van der Waals surface area contributed by atoms with E-state index in [2.05, 4.69) is 4.72 Å². The van der Waals surface area contributed by atoms with E-state index in [9.17, 15) is 13.5 Å². The van der Waals surface area contributed by atoms with Crippen LogP contribution in [0.25, 0.3) is 0 Å². The Kier molecular flexibility index (Phi) is 4.72. The second-order valence-corrected chi connectivity index (χ2v) is 6.35. The second-order valence-electron chi connectivity index (χ2n) is 3.45. The summed E-state index contributed by atoms with van der Waals surface area (Å²) in [7, 11) is -3.47. The molecule has 0 aliphatic heterocycles. The lowest BCUT2D eigenvalue weighted by Gasteiger charge is -2.08. The van der Waals surface area contributed by atoms with Gasteiger partial charge in [0.15, 0.2) is 0 Å². The molecule has 0 amide bonds. The first-order valence-corrected chi connectivity index (χ1v) is 7.33. The van der Waals surface area contributed by atoms with Crippen LogP contribution in [0.4, 0.5) is 5.69 Å². The number of aliphatic hydroxyl groups excluding tert-OH is 1. The average Bonchev–Trinajstić information content (AvgIpc) is 2.65. The van der Waals surface area contributed by atoms with Crippen LogP contribution in [0.2, 0.25) is 0 Å². The Labute approximate surface area is 99.3 Å². The van der Waals surface area contributed by atoms with E-state index in [0.717, 1.165) is 11.3 Å². The van der Waals surface area contributed by atoms with Gasteiger partial charge in [-0.2, -0.15) is 0 Å². The van der Waals surface area contributed by atoms with Gasteiger partial charge in [0, 0.05) is 17.6 Å². The van der Waals surface area contributed by atoms with Crippen molar-refractivity contribution in [2.75, 3.05) is 12.3 Å².